The first kappa shape index (κ1) is 22.4. The Hall–Kier alpha value is -1.94. The van der Waals surface area contributed by atoms with Crippen molar-refractivity contribution in [3.63, 3.8) is 0 Å². The van der Waals surface area contributed by atoms with Gasteiger partial charge in [-0.1, -0.05) is 33.6 Å². The molecule has 1 aromatic rings. The summed E-state index contributed by atoms with van der Waals surface area (Å²) in [5.74, 6) is -1.41. The van der Waals surface area contributed by atoms with E-state index < -0.39 is 17.8 Å². The highest BCUT2D eigenvalue weighted by Gasteiger charge is 2.26. The highest BCUT2D eigenvalue weighted by atomic mass is 79.9. The lowest BCUT2D eigenvalue weighted by atomic mass is 10.0. The number of anilines is 2. The van der Waals surface area contributed by atoms with Gasteiger partial charge in [-0.3, -0.25) is 14.6 Å². The lowest BCUT2D eigenvalue weighted by molar-refractivity contribution is 0.0168. The zero-order valence-electron chi connectivity index (χ0n) is 15.4. The van der Waals surface area contributed by atoms with Crippen molar-refractivity contribution in [2.24, 2.45) is 4.99 Å². The number of aliphatic imine (C=N–C) groups is 1. The Morgan fingerprint density at radius 1 is 1.57 bits per heavy atom. The normalized spacial score (nSPS) is 16.1. The number of allylic oxidation sites excluding steroid dienone is 2. The third-order valence-electron chi connectivity index (χ3n) is 3.94. The van der Waals surface area contributed by atoms with Gasteiger partial charge < -0.3 is 15.3 Å². The Bertz CT molecular complexity index is 830. The molecule has 7 nitrogen and oxygen atoms in total. The number of carbonyl (C=O) groups excluding carboxylic acids is 1. The van der Waals surface area contributed by atoms with Gasteiger partial charge in [0, 0.05) is 23.6 Å². The number of nitrogens with one attached hydrogen (secondary N) is 2. The molecule has 0 heterocycles. The maximum Gasteiger partial charge on any atom is 0.277 e. The summed E-state index contributed by atoms with van der Waals surface area (Å²) in [5.41, 5.74) is 2.51. The highest BCUT2D eigenvalue weighted by Crippen LogP contribution is 2.39. The number of halogens is 3. The molecule has 0 aromatic heterocycles. The van der Waals surface area contributed by atoms with Crippen LogP contribution in [0.4, 0.5) is 21.5 Å². The van der Waals surface area contributed by atoms with Crippen LogP contribution in [-0.4, -0.2) is 51.1 Å². The largest absolute Gasteiger partial charge is 0.394 e. The summed E-state index contributed by atoms with van der Waals surface area (Å²) in [6.07, 6.45) is 4.07. The minimum absolute atomic E-state index is 0.00428. The number of benzene rings is 1. The molecule has 10 heteroatoms. The summed E-state index contributed by atoms with van der Waals surface area (Å²) in [4.78, 5) is 22.9. The number of hydrogen-bond donors (Lipinski definition) is 3. The van der Waals surface area contributed by atoms with Crippen molar-refractivity contribution in [3.8, 4) is 0 Å². The van der Waals surface area contributed by atoms with Gasteiger partial charge in [0.25, 0.3) is 5.91 Å². The van der Waals surface area contributed by atoms with Gasteiger partial charge in [-0.05, 0) is 25.3 Å². The third-order valence-corrected chi connectivity index (χ3v) is 4.86. The van der Waals surface area contributed by atoms with Crippen molar-refractivity contribution in [2.45, 2.75) is 12.5 Å². The van der Waals surface area contributed by atoms with Gasteiger partial charge in [0.05, 0.1) is 36.2 Å². The monoisotopic (exact) mass is 474 g/mol. The fourth-order valence-corrected chi connectivity index (χ4v) is 3.42. The summed E-state index contributed by atoms with van der Waals surface area (Å²) in [6, 6.07) is 1.06. The highest BCUT2D eigenvalue weighted by molar-refractivity contribution is 9.11. The van der Waals surface area contributed by atoms with Crippen LogP contribution in [0, 0.1) is 5.82 Å². The van der Waals surface area contributed by atoms with E-state index in [1.807, 2.05) is 6.08 Å². The van der Waals surface area contributed by atoms with Gasteiger partial charge in [-0.15, -0.1) is 0 Å². The van der Waals surface area contributed by atoms with Gasteiger partial charge in [0.2, 0.25) is 0 Å². The number of amides is 1. The first-order valence-electron chi connectivity index (χ1n) is 8.33. The second-order valence-electron chi connectivity index (χ2n) is 6.09. The molecule has 1 amide bonds. The molecule has 28 heavy (non-hydrogen) atoms. The molecule has 0 saturated heterocycles. The number of carbonyl (C=O) groups is 1. The number of aliphatic hydroxyl groups excluding tert-OH is 1. The van der Waals surface area contributed by atoms with Crippen LogP contribution in [0.15, 0.2) is 32.7 Å². The van der Waals surface area contributed by atoms with Crippen LogP contribution in [0.5, 0.6) is 0 Å². The first-order chi connectivity index (χ1) is 13.3. The van der Waals surface area contributed by atoms with Crippen LogP contribution in [0.3, 0.4) is 0 Å². The molecule has 1 aromatic carbocycles. The van der Waals surface area contributed by atoms with E-state index in [0.717, 1.165) is 4.48 Å². The first-order valence-corrected chi connectivity index (χ1v) is 9.50. The molecule has 0 bridgehead atoms. The van der Waals surface area contributed by atoms with E-state index in [2.05, 4.69) is 38.4 Å². The second kappa shape index (κ2) is 10.0. The summed E-state index contributed by atoms with van der Waals surface area (Å²) in [6.45, 7) is 3.06. The van der Waals surface area contributed by atoms with Gasteiger partial charge in [0.1, 0.15) is 5.69 Å². The standard InChI is InChI=1S/C18H21BrClFN4O3/c1-22-17-14(25(2)3)9-11(18(27)24-28-7-6-26)16(15(17)21)23-13-5-4-10(19)8-12(13)20/h4,8-9,13,23,26H,1,5-7H2,2-3H3,(H,24,27). The average Bonchev–Trinajstić information content (AvgIpc) is 2.64. The molecule has 1 atom stereocenters. The Labute approximate surface area is 176 Å². The molecule has 1 unspecified atom stereocenters. The fraction of sp³-hybridized carbons (Fsp3) is 0.333. The van der Waals surface area contributed by atoms with Crippen molar-refractivity contribution < 1.29 is 19.1 Å². The third kappa shape index (κ3) is 5.11. The van der Waals surface area contributed by atoms with Crippen molar-refractivity contribution in [1.82, 2.24) is 5.48 Å². The summed E-state index contributed by atoms with van der Waals surface area (Å²) >= 11 is 9.62. The van der Waals surface area contributed by atoms with Crippen LogP contribution in [0.1, 0.15) is 16.8 Å². The predicted molar refractivity (Wildman–Crippen MR) is 113 cm³/mol. The van der Waals surface area contributed by atoms with Gasteiger partial charge in [-0.2, -0.15) is 0 Å². The lowest BCUT2D eigenvalue weighted by Crippen LogP contribution is -2.29. The van der Waals surface area contributed by atoms with Crippen molar-refractivity contribution in [1.29, 1.82) is 0 Å². The summed E-state index contributed by atoms with van der Waals surface area (Å²) < 4.78 is 16.1. The summed E-state index contributed by atoms with van der Waals surface area (Å²) in [5, 5.41) is 12.2. The molecule has 0 spiro atoms. The molecule has 152 valence electrons. The van der Waals surface area contributed by atoms with E-state index in [4.69, 9.17) is 21.5 Å². The number of hydrogen-bond acceptors (Lipinski definition) is 6. The van der Waals surface area contributed by atoms with Gasteiger partial charge in [-0.25, -0.2) is 9.87 Å². The zero-order chi connectivity index (χ0) is 20.8. The molecular formula is C18H21BrClFN4O3. The maximum atomic E-state index is 15.3. The van der Waals surface area contributed by atoms with Crippen molar-refractivity contribution >= 4 is 57.2 Å². The van der Waals surface area contributed by atoms with E-state index in [-0.39, 0.29) is 30.2 Å². The molecule has 0 radical (unpaired) electrons. The van der Waals surface area contributed by atoms with E-state index in [1.54, 1.807) is 25.1 Å². The average molecular weight is 476 g/mol. The Kier molecular flexibility index (Phi) is 7.99. The Balaban J connectivity index is 2.50. The lowest BCUT2D eigenvalue weighted by Gasteiger charge is -2.25. The Morgan fingerprint density at radius 3 is 2.86 bits per heavy atom. The number of hydroxylamine groups is 1. The van der Waals surface area contributed by atoms with Crippen LogP contribution < -0.4 is 15.7 Å². The van der Waals surface area contributed by atoms with Crippen molar-refractivity contribution in [2.75, 3.05) is 37.5 Å². The minimum atomic E-state index is -0.730. The molecule has 0 saturated carbocycles. The van der Waals surface area contributed by atoms with Crippen LogP contribution in [0.25, 0.3) is 0 Å². The molecule has 3 N–H and O–H groups in total. The topological polar surface area (TPSA) is 86.2 Å². The molecular weight excluding hydrogens is 455 g/mol. The van der Waals surface area contributed by atoms with Gasteiger partial charge >= 0.3 is 0 Å². The van der Waals surface area contributed by atoms with E-state index in [0.29, 0.717) is 17.1 Å². The maximum absolute atomic E-state index is 15.3. The second-order valence-corrected chi connectivity index (χ2v) is 7.44. The van der Waals surface area contributed by atoms with Crippen molar-refractivity contribution in [3.05, 3.63) is 39.1 Å². The van der Waals surface area contributed by atoms with Crippen LogP contribution in [-0.2, 0) is 4.84 Å². The van der Waals surface area contributed by atoms with Crippen LogP contribution in [0.2, 0.25) is 0 Å². The quantitative estimate of drug-likeness (QED) is 0.305. The number of rotatable bonds is 8. The van der Waals surface area contributed by atoms with E-state index >= 15 is 4.39 Å². The molecule has 1 aliphatic rings. The van der Waals surface area contributed by atoms with E-state index in [1.165, 1.54) is 6.07 Å². The smallest absolute Gasteiger partial charge is 0.277 e. The molecule has 1 aliphatic carbocycles. The fourth-order valence-electron chi connectivity index (χ4n) is 2.59. The zero-order valence-corrected chi connectivity index (χ0v) is 17.8. The van der Waals surface area contributed by atoms with E-state index in [9.17, 15) is 4.79 Å². The molecule has 0 fully saturated rings. The molecule has 2 rings (SSSR count). The Morgan fingerprint density at radius 2 is 2.29 bits per heavy atom. The van der Waals surface area contributed by atoms with Gasteiger partial charge in [0.15, 0.2) is 5.82 Å². The summed E-state index contributed by atoms with van der Waals surface area (Å²) in [7, 11) is 3.40. The SMILES string of the molecule is C=Nc1c(N(C)C)cc(C(=O)NOCCO)c(NC2CC=C(Br)C=C2Cl)c1F. The van der Waals surface area contributed by atoms with Crippen LogP contribution >= 0.6 is 27.5 Å². The minimum Gasteiger partial charge on any atom is -0.394 e. The molecule has 0 aliphatic heterocycles. The number of nitrogens with zero attached hydrogens (tertiary/aromatic N) is 2. The predicted octanol–water partition coefficient (Wildman–Crippen LogP) is 3.46. The number of aliphatic hydroxyl groups is 1.